The van der Waals surface area contributed by atoms with E-state index in [9.17, 15) is 0 Å². The fraction of sp³-hybridized carbons (Fsp3) is 1.00. The molecule has 1 aliphatic carbocycles. The number of hydrogen-bond acceptors (Lipinski definition) is 1. The molecule has 1 saturated carbocycles. The molecular weight excluding hydrogens is 146 g/mol. The van der Waals surface area contributed by atoms with Crippen molar-refractivity contribution in [1.29, 1.82) is 0 Å². The highest BCUT2D eigenvalue weighted by Gasteiger charge is 2.37. The molecule has 0 spiro atoms. The molecule has 2 rings (SSSR count). The highest BCUT2D eigenvalue weighted by atomic mass is 15.2. The summed E-state index contributed by atoms with van der Waals surface area (Å²) < 4.78 is 0. The topological polar surface area (TPSA) is 3.24 Å². The summed E-state index contributed by atoms with van der Waals surface area (Å²) in [6, 6.07) is 0. The quantitative estimate of drug-likeness (QED) is 0.580. The van der Waals surface area contributed by atoms with Gasteiger partial charge in [-0.1, -0.05) is 19.8 Å². The lowest BCUT2D eigenvalue weighted by atomic mass is 9.98. The third-order valence-electron chi connectivity index (χ3n) is 3.87. The van der Waals surface area contributed by atoms with Crippen LogP contribution in [0.15, 0.2) is 0 Å². The van der Waals surface area contributed by atoms with Gasteiger partial charge in [-0.15, -0.1) is 0 Å². The molecule has 0 radical (unpaired) electrons. The summed E-state index contributed by atoms with van der Waals surface area (Å²) in [5.41, 5.74) is 0.588. The van der Waals surface area contributed by atoms with Crippen LogP contribution in [0, 0.1) is 5.92 Å². The second-order valence-corrected chi connectivity index (χ2v) is 5.04. The summed E-state index contributed by atoms with van der Waals surface area (Å²) in [4.78, 5) is 2.74. The van der Waals surface area contributed by atoms with Crippen LogP contribution >= 0.6 is 0 Å². The lowest BCUT2D eigenvalue weighted by Crippen LogP contribution is -2.42. The van der Waals surface area contributed by atoms with E-state index in [1.54, 1.807) is 0 Å². The fourth-order valence-corrected chi connectivity index (χ4v) is 2.88. The molecule has 0 aromatic carbocycles. The largest absolute Gasteiger partial charge is 0.298 e. The van der Waals surface area contributed by atoms with Crippen LogP contribution < -0.4 is 0 Å². The van der Waals surface area contributed by atoms with Crippen molar-refractivity contribution in [2.45, 2.75) is 51.5 Å². The average Bonchev–Trinajstić information content (AvgIpc) is 2.59. The monoisotopic (exact) mass is 167 g/mol. The average molecular weight is 167 g/mol. The van der Waals surface area contributed by atoms with Crippen molar-refractivity contribution < 1.29 is 0 Å². The van der Waals surface area contributed by atoms with Crippen molar-refractivity contribution in [3.05, 3.63) is 0 Å². The minimum absolute atomic E-state index is 0.588. The number of rotatable bonds is 1. The molecule has 0 bridgehead atoms. The normalized spacial score (nSPS) is 36.0. The number of likely N-dealkylation sites (tertiary alicyclic amines) is 1. The van der Waals surface area contributed by atoms with Gasteiger partial charge in [-0.2, -0.15) is 0 Å². The summed E-state index contributed by atoms with van der Waals surface area (Å²) in [5.74, 6) is 0.947. The third-order valence-corrected chi connectivity index (χ3v) is 3.87. The Balaban J connectivity index is 1.99. The number of hydrogen-bond donors (Lipinski definition) is 0. The zero-order valence-corrected chi connectivity index (χ0v) is 8.47. The first-order valence-corrected chi connectivity index (χ1v) is 5.46. The first-order chi connectivity index (χ1) is 5.71. The van der Waals surface area contributed by atoms with Crippen LogP contribution in [0.3, 0.4) is 0 Å². The van der Waals surface area contributed by atoms with E-state index in [4.69, 9.17) is 0 Å². The highest BCUT2D eigenvalue weighted by molar-refractivity contribution is 4.93. The second kappa shape index (κ2) is 3.02. The standard InChI is InChI=1S/C11H21N/c1-10-5-8-12(9-10)11(2)6-3-4-7-11/h10H,3-9H2,1-2H3. The van der Waals surface area contributed by atoms with Gasteiger partial charge in [0.1, 0.15) is 0 Å². The first kappa shape index (κ1) is 8.55. The molecule has 70 valence electrons. The van der Waals surface area contributed by atoms with E-state index in [2.05, 4.69) is 18.7 Å². The molecule has 1 heteroatoms. The lowest BCUT2D eigenvalue weighted by molar-refractivity contribution is 0.137. The van der Waals surface area contributed by atoms with Gasteiger partial charge in [0, 0.05) is 12.1 Å². The minimum Gasteiger partial charge on any atom is -0.298 e. The van der Waals surface area contributed by atoms with Crippen LogP contribution in [0.5, 0.6) is 0 Å². The Labute approximate surface area is 76.1 Å². The molecule has 1 saturated heterocycles. The molecule has 0 N–H and O–H groups in total. The van der Waals surface area contributed by atoms with Crippen LogP contribution in [-0.4, -0.2) is 23.5 Å². The van der Waals surface area contributed by atoms with Gasteiger partial charge in [-0.25, -0.2) is 0 Å². The van der Waals surface area contributed by atoms with Gasteiger partial charge < -0.3 is 0 Å². The molecule has 0 amide bonds. The van der Waals surface area contributed by atoms with Gasteiger partial charge in [0.25, 0.3) is 0 Å². The molecule has 1 nitrogen and oxygen atoms in total. The van der Waals surface area contributed by atoms with Gasteiger partial charge in [0.15, 0.2) is 0 Å². The van der Waals surface area contributed by atoms with Crippen molar-refractivity contribution >= 4 is 0 Å². The maximum atomic E-state index is 2.74. The summed E-state index contributed by atoms with van der Waals surface area (Å²) >= 11 is 0. The Hall–Kier alpha value is -0.0400. The minimum atomic E-state index is 0.588. The Morgan fingerprint density at radius 2 is 1.92 bits per heavy atom. The van der Waals surface area contributed by atoms with Crippen LogP contribution in [0.25, 0.3) is 0 Å². The van der Waals surface area contributed by atoms with Crippen molar-refractivity contribution in [3.8, 4) is 0 Å². The van der Waals surface area contributed by atoms with Crippen LogP contribution in [0.1, 0.15) is 46.0 Å². The SMILES string of the molecule is CC1CCN(C2(C)CCCC2)C1. The van der Waals surface area contributed by atoms with Gasteiger partial charge in [-0.05, 0) is 38.6 Å². The van der Waals surface area contributed by atoms with Crippen molar-refractivity contribution in [2.24, 2.45) is 5.92 Å². The fourth-order valence-electron chi connectivity index (χ4n) is 2.88. The summed E-state index contributed by atoms with van der Waals surface area (Å²) in [6.07, 6.45) is 7.23. The van der Waals surface area contributed by atoms with E-state index < -0.39 is 0 Å². The van der Waals surface area contributed by atoms with Crippen molar-refractivity contribution in [3.63, 3.8) is 0 Å². The van der Waals surface area contributed by atoms with E-state index in [-0.39, 0.29) is 0 Å². The van der Waals surface area contributed by atoms with Gasteiger partial charge in [-0.3, -0.25) is 4.90 Å². The molecule has 1 atom stereocenters. The molecule has 1 unspecified atom stereocenters. The Kier molecular flexibility index (Phi) is 2.16. The molecule has 2 fully saturated rings. The van der Waals surface area contributed by atoms with Gasteiger partial charge in [0.2, 0.25) is 0 Å². The number of nitrogens with zero attached hydrogens (tertiary/aromatic N) is 1. The van der Waals surface area contributed by atoms with E-state index >= 15 is 0 Å². The Morgan fingerprint density at radius 1 is 1.25 bits per heavy atom. The molecule has 2 aliphatic rings. The maximum Gasteiger partial charge on any atom is 0.0181 e. The lowest BCUT2D eigenvalue weighted by Gasteiger charge is -2.35. The predicted molar refractivity (Wildman–Crippen MR) is 52.2 cm³/mol. The Morgan fingerprint density at radius 3 is 2.42 bits per heavy atom. The predicted octanol–water partition coefficient (Wildman–Crippen LogP) is 2.66. The molecule has 1 aliphatic heterocycles. The molecule has 1 heterocycles. The van der Waals surface area contributed by atoms with Gasteiger partial charge >= 0.3 is 0 Å². The summed E-state index contributed by atoms with van der Waals surface area (Å²) in [6.45, 7) is 7.57. The van der Waals surface area contributed by atoms with E-state index in [1.165, 1.54) is 45.2 Å². The molecule has 0 aromatic rings. The highest BCUT2D eigenvalue weighted by Crippen LogP contribution is 2.37. The zero-order chi connectivity index (χ0) is 8.60. The van der Waals surface area contributed by atoms with Crippen molar-refractivity contribution in [2.75, 3.05) is 13.1 Å². The van der Waals surface area contributed by atoms with E-state index in [0.29, 0.717) is 5.54 Å². The van der Waals surface area contributed by atoms with Crippen LogP contribution in [-0.2, 0) is 0 Å². The molecule has 0 aromatic heterocycles. The summed E-state index contributed by atoms with van der Waals surface area (Å²) in [5, 5.41) is 0. The molecule has 12 heavy (non-hydrogen) atoms. The summed E-state index contributed by atoms with van der Waals surface area (Å²) in [7, 11) is 0. The van der Waals surface area contributed by atoms with Gasteiger partial charge in [0.05, 0.1) is 0 Å². The maximum absolute atomic E-state index is 2.74. The smallest absolute Gasteiger partial charge is 0.0181 e. The van der Waals surface area contributed by atoms with E-state index in [0.717, 1.165) is 5.92 Å². The van der Waals surface area contributed by atoms with Crippen LogP contribution in [0.2, 0.25) is 0 Å². The second-order valence-electron chi connectivity index (χ2n) is 5.04. The molecular formula is C11H21N. The van der Waals surface area contributed by atoms with Crippen molar-refractivity contribution in [1.82, 2.24) is 4.90 Å². The Bertz CT molecular complexity index is 158. The van der Waals surface area contributed by atoms with Crippen LogP contribution in [0.4, 0.5) is 0 Å². The van der Waals surface area contributed by atoms with E-state index in [1.807, 2.05) is 0 Å². The third kappa shape index (κ3) is 1.39. The zero-order valence-electron chi connectivity index (χ0n) is 8.47. The first-order valence-electron chi connectivity index (χ1n) is 5.46.